The zero-order valence-electron chi connectivity index (χ0n) is 17.2. The van der Waals surface area contributed by atoms with Crippen LogP contribution in [0.2, 0.25) is 0 Å². The number of amides is 1. The average molecular weight is 449 g/mol. The molecule has 0 saturated heterocycles. The molecule has 1 unspecified atom stereocenters. The van der Waals surface area contributed by atoms with Crippen molar-refractivity contribution in [3.05, 3.63) is 64.4 Å². The maximum absolute atomic E-state index is 13.6. The monoisotopic (exact) mass is 449 g/mol. The number of carbonyl (C=O) groups is 1. The van der Waals surface area contributed by atoms with E-state index >= 15 is 0 Å². The minimum Gasteiger partial charge on any atom is -0.353 e. The Balaban J connectivity index is 2.10. The van der Waals surface area contributed by atoms with Gasteiger partial charge >= 0.3 is 6.18 Å². The fraction of sp³-hybridized carbons (Fsp3) is 0.318. The van der Waals surface area contributed by atoms with Gasteiger partial charge in [0.15, 0.2) is 5.16 Å². The summed E-state index contributed by atoms with van der Waals surface area (Å²) in [6.45, 7) is 5.81. The van der Waals surface area contributed by atoms with E-state index in [0.717, 1.165) is 22.4 Å². The van der Waals surface area contributed by atoms with Crippen LogP contribution in [0.4, 0.5) is 13.2 Å². The summed E-state index contributed by atoms with van der Waals surface area (Å²) < 4.78 is 41.9. The van der Waals surface area contributed by atoms with E-state index in [1.165, 1.54) is 24.3 Å². The van der Waals surface area contributed by atoms with Crippen molar-refractivity contribution in [1.82, 2.24) is 14.9 Å². The Labute approximate surface area is 181 Å². The van der Waals surface area contributed by atoms with Crippen molar-refractivity contribution in [2.75, 3.05) is 5.75 Å². The standard InChI is InChI=1S/C22H22F3N3O2S/c1-13(2)14(3)26-19(29)12-31-21-27-17-10-6-4-8-15(17)20(30)28(21)18-11-7-5-9-16(18)22(23,24)25/h4-11,13-14H,12H2,1-3H3,(H,26,29). The van der Waals surface area contributed by atoms with Gasteiger partial charge in [-0.15, -0.1) is 0 Å². The molecule has 0 aliphatic carbocycles. The summed E-state index contributed by atoms with van der Waals surface area (Å²) >= 11 is 0.924. The van der Waals surface area contributed by atoms with Crippen LogP contribution in [0.5, 0.6) is 0 Å². The number of fused-ring (bicyclic) bond motifs is 1. The highest BCUT2D eigenvalue weighted by atomic mass is 32.2. The van der Waals surface area contributed by atoms with Crippen molar-refractivity contribution in [1.29, 1.82) is 0 Å². The second-order valence-electron chi connectivity index (χ2n) is 7.46. The highest BCUT2D eigenvalue weighted by Crippen LogP contribution is 2.34. The first-order valence-electron chi connectivity index (χ1n) is 9.70. The van der Waals surface area contributed by atoms with Gasteiger partial charge in [-0.25, -0.2) is 4.98 Å². The maximum Gasteiger partial charge on any atom is 0.418 e. The molecular weight excluding hydrogens is 427 g/mol. The molecule has 9 heteroatoms. The first kappa shape index (κ1) is 22.9. The van der Waals surface area contributed by atoms with Crippen LogP contribution in [0.3, 0.4) is 0 Å². The third-order valence-corrected chi connectivity index (χ3v) is 5.85. The molecule has 0 bridgehead atoms. The van der Waals surface area contributed by atoms with Crippen LogP contribution >= 0.6 is 11.8 Å². The summed E-state index contributed by atoms with van der Waals surface area (Å²) in [6.07, 6.45) is -4.66. The molecule has 3 aromatic rings. The zero-order valence-corrected chi connectivity index (χ0v) is 18.1. The lowest BCUT2D eigenvalue weighted by atomic mass is 10.1. The van der Waals surface area contributed by atoms with Crippen LogP contribution < -0.4 is 10.9 Å². The first-order chi connectivity index (χ1) is 14.6. The molecule has 5 nitrogen and oxygen atoms in total. The van der Waals surface area contributed by atoms with Crippen molar-refractivity contribution >= 4 is 28.6 Å². The molecule has 0 aliphatic heterocycles. The van der Waals surface area contributed by atoms with Gasteiger partial charge in [-0.3, -0.25) is 14.2 Å². The summed E-state index contributed by atoms with van der Waals surface area (Å²) in [5.74, 6) is -0.149. The van der Waals surface area contributed by atoms with Gasteiger partial charge in [0.25, 0.3) is 5.56 Å². The fourth-order valence-corrected chi connectivity index (χ4v) is 3.74. The molecule has 0 saturated carbocycles. The number of aromatic nitrogens is 2. The molecule has 2 aromatic carbocycles. The molecule has 0 aliphatic rings. The van der Waals surface area contributed by atoms with Gasteiger partial charge in [0.2, 0.25) is 5.91 Å². The molecule has 0 radical (unpaired) electrons. The van der Waals surface area contributed by atoms with E-state index in [0.29, 0.717) is 5.52 Å². The summed E-state index contributed by atoms with van der Waals surface area (Å²) in [7, 11) is 0. The van der Waals surface area contributed by atoms with E-state index in [-0.39, 0.29) is 39.8 Å². The van der Waals surface area contributed by atoms with Gasteiger partial charge in [-0.1, -0.05) is 49.9 Å². The average Bonchev–Trinajstić information content (AvgIpc) is 2.71. The predicted octanol–water partition coefficient (Wildman–Crippen LogP) is 4.66. The van der Waals surface area contributed by atoms with Crippen LogP contribution in [-0.4, -0.2) is 27.3 Å². The van der Waals surface area contributed by atoms with Crippen LogP contribution in [0.1, 0.15) is 26.3 Å². The lowest BCUT2D eigenvalue weighted by Crippen LogP contribution is -2.37. The van der Waals surface area contributed by atoms with Crippen molar-refractivity contribution in [3.63, 3.8) is 0 Å². The van der Waals surface area contributed by atoms with Crippen LogP contribution in [0.15, 0.2) is 58.5 Å². The number of para-hydroxylation sites is 2. The number of benzene rings is 2. The lowest BCUT2D eigenvalue weighted by Gasteiger charge is -2.19. The van der Waals surface area contributed by atoms with E-state index in [1.807, 2.05) is 20.8 Å². The summed E-state index contributed by atoms with van der Waals surface area (Å²) in [6, 6.07) is 11.2. The highest BCUT2D eigenvalue weighted by molar-refractivity contribution is 7.99. The Bertz CT molecular complexity index is 1160. The topological polar surface area (TPSA) is 64.0 Å². The van der Waals surface area contributed by atoms with Gasteiger partial charge < -0.3 is 5.32 Å². The van der Waals surface area contributed by atoms with E-state index < -0.39 is 17.3 Å². The molecule has 31 heavy (non-hydrogen) atoms. The van der Waals surface area contributed by atoms with Gasteiger partial charge in [0, 0.05) is 6.04 Å². The third-order valence-electron chi connectivity index (χ3n) is 4.92. The van der Waals surface area contributed by atoms with Gasteiger partial charge in [0.05, 0.1) is 27.9 Å². The minimum absolute atomic E-state index is 0.0211. The van der Waals surface area contributed by atoms with Crippen LogP contribution in [-0.2, 0) is 11.0 Å². The third kappa shape index (κ3) is 5.10. The second kappa shape index (κ2) is 9.13. The zero-order chi connectivity index (χ0) is 22.8. The SMILES string of the molecule is CC(C)C(C)NC(=O)CSc1nc2ccccc2c(=O)n1-c1ccccc1C(F)(F)F. The normalized spacial score (nSPS) is 12.9. The van der Waals surface area contributed by atoms with Crippen LogP contribution in [0.25, 0.3) is 16.6 Å². The summed E-state index contributed by atoms with van der Waals surface area (Å²) in [5.41, 5.74) is -1.54. The quantitative estimate of drug-likeness (QED) is 0.439. The molecular formula is C22H22F3N3O2S. The van der Waals surface area contributed by atoms with Crippen LogP contribution in [0, 0.1) is 5.92 Å². The van der Waals surface area contributed by atoms with Crippen molar-refractivity contribution in [2.24, 2.45) is 5.92 Å². The largest absolute Gasteiger partial charge is 0.418 e. The fourth-order valence-electron chi connectivity index (χ4n) is 2.92. The maximum atomic E-state index is 13.6. The Hall–Kier alpha value is -2.81. The number of hydrogen-bond donors (Lipinski definition) is 1. The Morgan fingerprint density at radius 2 is 1.74 bits per heavy atom. The molecule has 3 rings (SSSR count). The lowest BCUT2D eigenvalue weighted by molar-refractivity contribution is -0.137. The Morgan fingerprint density at radius 1 is 1.10 bits per heavy atom. The molecule has 164 valence electrons. The minimum atomic E-state index is -4.66. The molecule has 1 heterocycles. The molecule has 1 aromatic heterocycles. The number of alkyl halides is 3. The summed E-state index contributed by atoms with van der Waals surface area (Å²) in [4.78, 5) is 29.9. The molecule has 1 amide bonds. The molecule has 0 spiro atoms. The number of rotatable bonds is 6. The number of nitrogens with zero attached hydrogens (tertiary/aromatic N) is 2. The van der Waals surface area contributed by atoms with E-state index in [9.17, 15) is 22.8 Å². The highest BCUT2D eigenvalue weighted by Gasteiger charge is 2.34. The van der Waals surface area contributed by atoms with Crippen molar-refractivity contribution in [2.45, 2.75) is 38.1 Å². The predicted molar refractivity (Wildman–Crippen MR) is 116 cm³/mol. The van der Waals surface area contributed by atoms with Gasteiger partial charge in [-0.05, 0) is 37.1 Å². The van der Waals surface area contributed by atoms with E-state index in [4.69, 9.17) is 0 Å². The number of carbonyl (C=O) groups excluding carboxylic acids is 1. The number of halogens is 3. The first-order valence-corrected chi connectivity index (χ1v) is 10.7. The van der Waals surface area contributed by atoms with Gasteiger partial charge in [-0.2, -0.15) is 13.2 Å². The number of thioether (sulfide) groups is 1. The molecule has 0 fully saturated rings. The van der Waals surface area contributed by atoms with Gasteiger partial charge in [0.1, 0.15) is 0 Å². The number of nitrogens with one attached hydrogen (secondary N) is 1. The summed E-state index contributed by atoms with van der Waals surface area (Å²) in [5, 5.41) is 3.06. The van der Waals surface area contributed by atoms with E-state index in [2.05, 4.69) is 10.3 Å². The smallest absolute Gasteiger partial charge is 0.353 e. The Morgan fingerprint density at radius 3 is 2.42 bits per heavy atom. The molecule has 1 N–H and O–H groups in total. The number of hydrogen-bond acceptors (Lipinski definition) is 4. The van der Waals surface area contributed by atoms with E-state index in [1.54, 1.807) is 18.2 Å². The second-order valence-corrected chi connectivity index (χ2v) is 8.40. The Kier molecular flexibility index (Phi) is 6.74. The van der Waals surface area contributed by atoms with Crippen molar-refractivity contribution < 1.29 is 18.0 Å². The molecule has 1 atom stereocenters. The van der Waals surface area contributed by atoms with Crippen molar-refractivity contribution in [3.8, 4) is 5.69 Å².